The number of fused-ring (bicyclic) bond motifs is 1. The Kier molecular flexibility index (Phi) is 3.37. The predicted octanol–water partition coefficient (Wildman–Crippen LogP) is 2.47. The smallest absolute Gasteiger partial charge is 0.323 e. The van der Waals surface area contributed by atoms with Gasteiger partial charge >= 0.3 is 5.97 Å². The van der Waals surface area contributed by atoms with Gasteiger partial charge in [-0.25, -0.2) is 9.37 Å². The minimum atomic E-state index is -0.955. The summed E-state index contributed by atoms with van der Waals surface area (Å²) in [5, 5.41) is 13.2. The monoisotopic (exact) mass is 289 g/mol. The molecule has 1 heterocycles. The molecule has 0 saturated heterocycles. The Balaban J connectivity index is 2.10. The lowest BCUT2D eigenvalue weighted by molar-refractivity contribution is -0.135. The summed E-state index contributed by atoms with van der Waals surface area (Å²) in [5.41, 5.74) is 0.665. The van der Waals surface area contributed by atoms with E-state index < -0.39 is 5.97 Å². The molecule has 110 valence electrons. The van der Waals surface area contributed by atoms with E-state index in [0.29, 0.717) is 28.3 Å². The maximum atomic E-state index is 14.2. The van der Waals surface area contributed by atoms with Gasteiger partial charge in [-0.15, -0.1) is 0 Å². The Morgan fingerprint density at radius 2 is 2.29 bits per heavy atom. The first-order valence-electron chi connectivity index (χ1n) is 6.83. The number of pyridine rings is 1. The van der Waals surface area contributed by atoms with Crippen LogP contribution in [0.15, 0.2) is 24.4 Å². The van der Waals surface area contributed by atoms with Crippen LogP contribution in [0.5, 0.6) is 0 Å². The molecule has 6 heteroatoms. The lowest BCUT2D eigenvalue weighted by Gasteiger charge is -2.19. The number of carboxylic acid groups (broad SMARTS) is 1. The SMILES string of the molecule is CN(CC(=O)O)c1ncc(NC2CC2)c2c(F)cccc12. The third kappa shape index (κ3) is 2.74. The van der Waals surface area contributed by atoms with E-state index in [-0.39, 0.29) is 12.4 Å². The molecule has 3 rings (SSSR count). The molecule has 1 aromatic heterocycles. The number of benzene rings is 1. The van der Waals surface area contributed by atoms with E-state index >= 15 is 0 Å². The zero-order chi connectivity index (χ0) is 15.0. The van der Waals surface area contributed by atoms with Crippen LogP contribution in [0.3, 0.4) is 0 Å². The Morgan fingerprint density at radius 3 is 2.95 bits per heavy atom. The van der Waals surface area contributed by atoms with Gasteiger partial charge in [0.25, 0.3) is 0 Å². The standard InChI is InChI=1S/C15H16FN3O2/c1-19(8-13(20)21)15-10-3-2-4-11(16)14(10)12(7-17-15)18-9-5-6-9/h2-4,7,9,18H,5-6,8H2,1H3,(H,20,21). The lowest BCUT2D eigenvalue weighted by Crippen LogP contribution is -2.26. The van der Waals surface area contributed by atoms with Crippen molar-refractivity contribution in [3.63, 3.8) is 0 Å². The van der Waals surface area contributed by atoms with Crippen LogP contribution >= 0.6 is 0 Å². The van der Waals surface area contributed by atoms with Crippen LogP contribution in [-0.4, -0.2) is 35.7 Å². The largest absolute Gasteiger partial charge is 0.480 e. The fraction of sp³-hybridized carbons (Fsp3) is 0.333. The first kappa shape index (κ1) is 13.6. The number of halogens is 1. The average molecular weight is 289 g/mol. The summed E-state index contributed by atoms with van der Waals surface area (Å²) in [7, 11) is 1.63. The van der Waals surface area contributed by atoms with Gasteiger partial charge in [-0.1, -0.05) is 12.1 Å². The van der Waals surface area contributed by atoms with E-state index in [1.54, 1.807) is 25.4 Å². The van der Waals surface area contributed by atoms with Crippen molar-refractivity contribution in [1.29, 1.82) is 0 Å². The van der Waals surface area contributed by atoms with Crippen molar-refractivity contribution < 1.29 is 14.3 Å². The van der Waals surface area contributed by atoms with Gasteiger partial charge in [0.1, 0.15) is 18.2 Å². The molecule has 0 amide bonds. The summed E-state index contributed by atoms with van der Waals surface area (Å²) in [6.07, 6.45) is 3.74. The number of rotatable bonds is 5. The quantitative estimate of drug-likeness (QED) is 0.885. The number of likely N-dealkylation sites (N-methyl/N-ethyl adjacent to an activating group) is 1. The van der Waals surface area contributed by atoms with Crippen LogP contribution in [-0.2, 0) is 4.79 Å². The van der Waals surface area contributed by atoms with Crippen molar-refractivity contribution in [3.05, 3.63) is 30.2 Å². The molecular formula is C15H16FN3O2. The molecule has 1 fully saturated rings. The maximum absolute atomic E-state index is 14.2. The van der Waals surface area contributed by atoms with Crippen molar-refractivity contribution >= 4 is 28.2 Å². The van der Waals surface area contributed by atoms with Gasteiger partial charge in [0.2, 0.25) is 0 Å². The molecule has 0 aliphatic heterocycles. The molecule has 21 heavy (non-hydrogen) atoms. The lowest BCUT2D eigenvalue weighted by atomic mass is 10.1. The highest BCUT2D eigenvalue weighted by atomic mass is 19.1. The van der Waals surface area contributed by atoms with Gasteiger partial charge in [0.05, 0.1) is 11.9 Å². The summed E-state index contributed by atoms with van der Waals surface area (Å²) in [5.74, 6) is -0.819. The highest BCUT2D eigenvalue weighted by Crippen LogP contribution is 2.34. The summed E-state index contributed by atoms with van der Waals surface area (Å²) in [6, 6.07) is 5.16. The topological polar surface area (TPSA) is 65.5 Å². The fourth-order valence-corrected chi connectivity index (χ4v) is 2.38. The minimum Gasteiger partial charge on any atom is -0.480 e. The van der Waals surface area contributed by atoms with Gasteiger partial charge in [-0.3, -0.25) is 4.79 Å². The van der Waals surface area contributed by atoms with Crippen molar-refractivity contribution in [3.8, 4) is 0 Å². The Labute approximate surface area is 121 Å². The Morgan fingerprint density at radius 1 is 1.52 bits per heavy atom. The number of carbonyl (C=O) groups is 1. The van der Waals surface area contributed by atoms with Crippen LogP contribution in [0, 0.1) is 5.82 Å². The highest BCUT2D eigenvalue weighted by molar-refractivity contribution is 6.01. The predicted molar refractivity (Wildman–Crippen MR) is 79.3 cm³/mol. The molecule has 5 nitrogen and oxygen atoms in total. The van der Waals surface area contributed by atoms with Crippen LogP contribution < -0.4 is 10.2 Å². The third-order valence-electron chi connectivity index (χ3n) is 3.51. The number of anilines is 2. The van der Waals surface area contributed by atoms with E-state index in [1.807, 2.05) is 0 Å². The molecule has 0 spiro atoms. The normalized spacial score (nSPS) is 14.2. The van der Waals surface area contributed by atoms with Crippen molar-refractivity contribution in [2.75, 3.05) is 23.8 Å². The second-order valence-electron chi connectivity index (χ2n) is 5.33. The van der Waals surface area contributed by atoms with Crippen LogP contribution in [0.2, 0.25) is 0 Å². The van der Waals surface area contributed by atoms with Gasteiger partial charge in [0, 0.05) is 23.9 Å². The first-order valence-corrected chi connectivity index (χ1v) is 6.83. The van der Waals surface area contributed by atoms with Crippen molar-refractivity contribution in [2.24, 2.45) is 0 Å². The third-order valence-corrected chi connectivity index (χ3v) is 3.51. The molecule has 0 atom stereocenters. The molecule has 1 saturated carbocycles. The zero-order valence-electron chi connectivity index (χ0n) is 11.6. The van der Waals surface area contributed by atoms with Gasteiger partial charge in [-0.05, 0) is 18.9 Å². The molecule has 0 radical (unpaired) electrons. The van der Waals surface area contributed by atoms with Crippen LogP contribution in [0.4, 0.5) is 15.9 Å². The molecule has 1 aliphatic carbocycles. The van der Waals surface area contributed by atoms with Gasteiger partial charge in [0.15, 0.2) is 0 Å². The van der Waals surface area contributed by atoms with Crippen molar-refractivity contribution in [1.82, 2.24) is 4.98 Å². The number of nitrogens with one attached hydrogen (secondary N) is 1. The average Bonchev–Trinajstić information content (AvgIpc) is 3.22. The summed E-state index contributed by atoms with van der Waals surface area (Å²) in [6.45, 7) is -0.186. The number of aliphatic carboxylic acids is 1. The summed E-state index contributed by atoms with van der Waals surface area (Å²) >= 11 is 0. The maximum Gasteiger partial charge on any atom is 0.323 e. The summed E-state index contributed by atoms with van der Waals surface area (Å²) in [4.78, 5) is 16.7. The molecule has 2 N–H and O–H groups in total. The molecule has 0 unspecified atom stereocenters. The molecule has 1 aliphatic rings. The molecule has 1 aromatic carbocycles. The number of aromatic nitrogens is 1. The van der Waals surface area contributed by atoms with E-state index in [0.717, 1.165) is 12.8 Å². The number of hydrogen-bond acceptors (Lipinski definition) is 4. The van der Waals surface area contributed by atoms with Crippen LogP contribution in [0.25, 0.3) is 10.8 Å². The number of carboxylic acids is 1. The van der Waals surface area contributed by atoms with E-state index in [1.165, 1.54) is 11.0 Å². The van der Waals surface area contributed by atoms with Crippen molar-refractivity contribution in [2.45, 2.75) is 18.9 Å². The molecule has 2 aromatic rings. The van der Waals surface area contributed by atoms with Gasteiger partial charge in [-0.2, -0.15) is 0 Å². The van der Waals surface area contributed by atoms with E-state index in [2.05, 4.69) is 10.3 Å². The Bertz CT molecular complexity index is 701. The Hall–Kier alpha value is -2.37. The molecule has 0 bridgehead atoms. The molecular weight excluding hydrogens is 273 g/mol. The van der Waals surface area contributed by atoms with Crippen LogP contribution in [0.1, 0.15) is 12.8 Å². The second kappa shape index (κ2) is 5.20. The number of nitrogens with zero attached hydrogens (tertiary/aromatic N) is 2. The fourth-order valence-electron chi connectivity index (χ4n) is 2.38. The van der Waals surface area contributed by atoms with E-state index in [9.17, 15) is 9.18 Å². The summed E-state index contributed by atoms with van der Waals surface area (Å²) < 4.78 is 14.2. The minimum absolute atomic E-state index is 0.186. The highest BCUT2D eigenvalue weighted by Gasteiger charge is 2.23. The second-order valence-corrected chi connectivity index (χ2v) is 5.33. The van der Waals surface area contributed by atoms with Gasteiger partial charge < -0.3 is 15.3 Å². The number of hydrogen-bond donors (Lipinski definition) is 2. The first-order chi connectivity index (χ1) is 10.1. The van der Waals surface area contributed by atoms with E-state index in [4.69, 9.17) is 5.11 Å². The zero-order valence-corrected chi connectivity index (χ0v) is 11.6.